The molecule has 1 aliphatic carbocycles. The monoisotopic (exact) mass is 677 g/mol. The highest BCUT2D eigenvalue weighted by atomic mass is 127. The number of aryl methyl sites for hydroxylation is 1. The first kappa shape index (κ1) is 29.8. The fraction of sp³-hybridized carbons (Fsp3) is 0.314. The Kier molecular flexibility index (Phi) is 9.21. The van der Waals surface area contributed by atoms with E-state index in [-0.39, 0.29) is 16.6 Å². The standard InChI is InChI=1S/C35H36INO3S/c1-34(2,39)30-10-5-4-8-25(30)14-18-32(41-23-35(19-20-35)33(38)40-3)27-9-6-7-24(21-27)11-16-29-17-13-26-12-15-28(36)22-31(26)37-29/h4-13,15-17,21-22,32,39H,14,18-20,23H2,1-3H3/b16-11+/t32-/m1/s1. The molecule has 0 radical (unpaired) electrons. The Labute approximate surface area is 260 Å². The smallest absolute Gasteiger partial charge is 0.312 e. The van der Waals surface area contributed by atoms with Crippen LogP contribution < -0.4 is 0 Å². The molecule has 4 aromatic rings. The van der Waals surface area contributed by atoms with Gasteiger partial charge in [0.1, 0.15) is 0 Å². The molecule has 6 heteroatoms. The van der Waals surface area contributed by atoms with Crippen molar-refractivity contribution in [1.82, 2.24) is 4.98 Å². The first-order chi connectivity index (χ1) is 19.7. The minimum absolute atomic E-state index is 0.0922. The molecule has 3 aromatic carbocycles. The molecule has 0 amide bonds. The van der Waals surface area contributed by atoms with Gasteiger partial charge in [-0.2, -0.15) is 11.8 Å². The third-order valence-electron chi connectivity index (χ3n) is 7.79. The van der Waals surface area contributed by atoms with Crippen LogP contribution in [0.5, 0.6) is 0 Å². The van der Waals surface area contributed by atoms with Crippen LogP contribution in [0, 0.1) is 8.99 Å². The van der Waals surface area contributed by atoms with E-state index in [2.05, 4.69) is 95.4 Å². The molecule has 5 rings (SSSR count). The summed E-state index contributed by atoms with van der Waals surface area (Å²) in [6, 6.07) is 27.3. The largest absolute Gasteiger partial charge is 0.469 e. The third kappa shape index (κ3) is 7.40. The predicted octanol–water partition coefficient (Wildman–Crippen LogP) is 8.60. The van der Waals surface area contributed by atoms with Gasteiger partial charge in [-0.25, -0.2) is 4.98 Å². The lowest BCUT2D eigenvalue weighted by molar-refractivity contribution is -0.146. The average Bonchev–Trinajstić information content (AvgIpc) is 3.76. The minimum atomic E-state index is -0.901. The molecule has 0 spiro atoms. The van der Waals surface area contributed by atoms with Gasteiger partial charge in [-0.1, -0.05) is 66.7 Å². The lowest BCUT2D eigenvalue weighted by Gasteiger charge is -2.24. The van der Waals surface area contributed by atoms with Gasteiger partial charge in [0.05, 0.1) is 29.3 Å². The molecule has 4 nitrogen and oxygen atoms in total. The van der Waals surface area contributed by atoms with E-state index in [4.69, 9.17) is 9.72 Å². The Hall–Kier alpha value is -2.68. The number of pyridine rings is 1. The number of thioether (sulfide) groups is 1. The number of carbonyl (C=O) groups is 1. The van der Waals surface area contributed by atoms with Gasteiger partial charge in [-0.05, 0) is 109 Å². The molecular formula is C35H36INO3S. The summed E-state index contributed by atoms with van der Waals surface area (Å²) in [6.07, 6.45) is 7.70. The van der Waals surface area contributed by atoms with Gasteiger partial charge in [-0.3, -0.25) is 4.79 Å². The van der Waals surface area contributed by atoms with Crippen LogP contribution in [0.1, 0.15) is 66.3 Å². The molecule has 1 aliphatic rings. The summed E-state index contributed by atoms with van der Waals surface area (Å²) in [7, 11) is 1.49. The van der Waals surface area contributed by atoms with Crippen LogP contribution in [0.2, 0.25) is 0 Å². The van der Waals surface area contributed by atoms with Crippen LogP contribution in [0.25, 0.3) is 23.1 Å². The predicted molar refractivity (Wildman–Crippen MR) is 179 cm³/mol. The average molecular weight is 678 g/mol. The van der Waals surface area contributed by atoms with E-state index in [1.807, 2.05) is 43.8 Å². The number of aliphatic hydroxyl groups is 1. The Morgan fingerprint density at radius 1 is 1.07 bits per heavy atom. The molecule has 0 bridgehead atoms. The number of methoxy groups -OCH3 is 1. The van der Waals surface area contributed by atoms with Crippen molar-refractivity contribution in [3.63, 3.8) is 0 Å². The zero-order chi connectivity index (χ0) is 29.0. The molecule has 0 aliphatic heterocycles. The molecular weight excluding hydrogens is 641 g/mol. The molecule has 0 unspecified atom stereocenters. The second kappa shape index (κ2) is 12.7. The van der Waals surface area contributed by atoms with E-state index in [9.17, 15) is 9.90 Å². The summed E-state index contributed by atoms with van der Waals surface area (Å²) < 4.78 is 6.30. The van der Waals surface area contributed by atoms with Crippen molar-refractivity contribution in [1.29, 1.82) is 0 Å². The van der Waals surface area contributed by atoms with E-state index >= 15 is 0 Å². The zero-order valence-corrected chi connectivity index (χ0v) is 26.7. The molecule has 1 saturated carbocycles. The summed E-state index contributed by atoms with van der Waals surface area (Å²) in [5, 5.41) is 12.1. The number of hydrogen-bond acceptors (Lipinski definition) is 5. The van der Waals surface area contributed by atoms with Crippen LogP contribution in [-0.2, 0) is 21.6 Å². The van der Waals surface area contributed by atoms with Gasteiger partial charge in [0, 0.05) is 20.0 Å². The summed E-state index contributed by atoms with van der Waals surface area (Å²) in [5.41, 5.74) is 5.15. The van der Waals surface area contributed by atoms with E-state index in [0.717, 1.165) is 64.7 Å². The number of rotatable bonds is 11. The van der Waals surface area contributed by atoms with Crippen molar-refractivity contribution in [2.24, 2.45) is 5.41 Å². The van der Waals surface area contributed by atoms with Gasteiger partial charge < -0.3 is 9.84 Å². The first-order valence-electron chi connectivity index (χ1n) is 14.0. The van der Waals surface area contributed by atoms with E-state index < -0.39 is 5.60 Å². The molecule has 0 saturated heterocycles. The lowest BCUT2D eigenvalue weighted by atomic mass is 9.90. The van der Waals surface area contributed by atoms with Crippen molar-refractivity contribution in [3.05, 3.63) is 110 Å². The topological polar surface area (TPSA) is 59.4 Å². The highest BCUT2D eigenvalue weighted by Crippen LogP contribution is 2.51. The number of esters is 1. The van der Waals surface area contributed by atoms with Crippen LogP contribution in [0.3, 0.4) is 0 Å². The number of fused-ring (bicyclic) bond motifs is 1. The third-order valence-corrected chi connectivity index (χ3v) is 10.1. The summed E-state index contributed by atoms with van der Waals surface area (Å²) in [4.78, 5) is 17.3. The van der Waals surface area contributed by atoms with Crippen LogP contribution in [0.15, 0.2) is 78.9 Å². The number of carbonyl (C=O) groups excluding carboxylic acids is 1. The van der Waals surface area contributed by atoms with Crippen LogP contribution >= 0.6 is 34.4 Å². The van der Waals surface area contributed by atoms with Crippen molar-refractivity contribution >= 4 is 63.4 Å². The van der Waals surface area contributed by atoms with E-state index in [0.29, 0.717) is 0 Å². The van der Waals surface area contributed by atoms with Gasteiger partial charge in [0.15, 0.2) is 0 Å². The molecule has 212 valence electrons. The zero-order valence-electron chi connectivity index (χ0n) is 23.8. The summed E-state index contributed by atoms with van der Waals surface area (Å²) in [6.45, 7) is 3.68. The molecule has 41 heavy (non-hydrogen) atoms. The van der Waals surface area contributed by atoms with Crippen molar-refractivity contribution in [3.8, 4) is 0 Å². The Bertz CT molecular complexity index is 1570. The van der Waals surface area contributed by atoms with Crippen molar-refractivity contribution in [2.45, 2.75) is 50.4 Å². The Morgan fingerprint density at radius 3 is 2.61 bits per heavy atom. The van der Waals surface area contributed by atoms with E-state index in [1.54, 1.807) is 0 Å². The molecule has 1 fully saturated rings. The number of halogens is 1. The Morgan fingerprint density at radius 2 is 1.85 bits per heavy atom. The van der Waals surface area contributed by atoms with Gasteiger partial charge in [0.2, 0.25) is 0 Å². The molecule has 1 N–H and O–H groups in total. The highest BCUT2D eigenvalue weighted by molar-refractivity contribution is 14.1. The quantitative estimate of drug-likeness (QED) is 0.127. The number of benzene rings is 3. The summed E-state index contributed by atoms with van der Waals surface area (Å²) in [5.74, 6) is 0.655. The maximum Gasteiger partial charge on any atom is 0.312 e. The van der Waals surface area contributed by atoms with Crippen molar-refractivity contribution in [2.75, 3.05) is 12.9 Å². The normalized spacial score (nSPS) is 15.2. The fourth-order valence-corrected chi connectivity index (χ4v) is 7.27. The minimum Gasteiger partial charge on any atom is -0.469 e. The second-order valence-electron chi connectivity index (χ2n) is 11.4. The van der Waals surface area contributed by atoms with Crippen LogP contribution in [-0.4, -0.2) is 28.9 Å². The fourth-order valence-electron chi connectivity index (χ4n) is 5.25. The number of hydrogen-bond donors (Lipinski definition) is 1. The number of aromatic nitrogens is 1. The number of ether oxygens (including phenoxy) is 1. The van der Waals surface area contributed by atoms with Gasteiger partial charge in [-0.15, -0.1) is 0 Å². The second-order valence-corrected chi connectivity index (χ2v) is 13.8. The number of nitrogens with zero attached hydrogens (tertiary/aromatic N) is 1. The molecule has 1 atom stereocenters. The summed E-state index contributed by atoms with van der Waals surface area (Å²) >= 11 is 4.16. The first-order valence-corrected chi connectivity index (χ1v) is 16.1. The Balaban J connectivity index is 1.38. The van der Waals surface area contributed by atoms with Gasteiger partial charge in [0.25, 0.3) is 0 Å². The maximum absolute atomic E-state index is 12.5. The SMILES string of the molecule is COC(=O)C1(CS[C@H](CCc2ccccc2C(C)(C)O)c2cccc(/C=C/c3ccc4ccc(I)cc4n3)c2)CC1. The lowest BCUT2D eigenvalue weighted by Crippen LogP contribution is -2.21. The van der Waals surface area contributed by atoms with Gasteiger partial charge >= 0.3 is 5.97 Å². The highest BCUT2D eigenvalue weighted by Gasteiger charge is 2.51. The van der Waals surface area contributed by atoms with Crippen molar-refractivity contribution < 1.29 is 14.6 Å². The maximum atomic E-state index is 12.5. The van der Waals surface area contributed by atoms with E-state index in [1.165, 1.54) is 16.2 Å². The molecule has 1 heterocycles. The molecule has 1 aromatic heterocycles. The van der Waals surface area contributed by atoms with Crippen LogP contribution in [0.4, 0.5) is 0 Å².